The van der Waals surface area contributed by atoms with Crippen molar-refractivity contribution in [2.45, 2.75) is 5.16 Å². The van der Waals surface area contributed by atoms with Gasteiger partial charge in [-0.1, -0.05) is 23.9 Å². The van der Waals surface area contributed by atoms with E-state index in [1.807, 2.05) is 6.07 Å². The van der Waals surface area contributed by atoms with Gasteiger partial charge in [0.15, 0.2) is 10.8 Å². The van der Waals surface area contributed by atoms with E-state index in [-0.39, 0.29) is 17.3 Å². The molecule has 106 valence electrons. The number of fused-ring (bicyclic) bond motifs is 1. The second-order valence-corrected chi connectivity index (χ2v) is 5.20. The van der Waals surface area contributed by atoms with Gasteiger partial charge in [-0.2, -0.15) is 0 Å². The summed E-state index contributed by atoms with van der Waals surface area (Å²) in [7, 11) is 0. The van der Waals surface area contributed by atoms with Crippen molar-refractivity contribution in [1.29, 1.82) is 0 Å². The van der Waals surface area contributed by atoms with Crippen molar-refractivity contribution < 1.29 is 9.18 Å². The summed E-state index contributed by atoms with van der Waals surface area (Å²) in [5.41, 5.74) is 1.60. The monoisotopic (exact) mass is 302 g/mol. The number of carbonyl (C=O) groups excluding carboxylic acids is 1. The summed E-state index contributed by atoms with van der Waals surface area (Å²) in [5, 5.41) is 3.13. The number of benzene rings is 1. The third-order valence-corrected chi connectivity index (χ3v) is 3.60. The molecule has 2 N–H and O–H groups in total. The largest absolute Gasteiger partial charge is 0.332 e. The summed E-state index contributed by atoms with van der Waals surface area (Å²) < 4.78 is 13.4. The van der Waals surface area contributed by atoms with Crippen molar-refractivity contribution >= 4 is 34.5 Å². The minimum absolute atomic E-state index is 0.133. The standard InChI is InChI=1S/C14H11FN4OS/c15-9-4-1-2-5-10(9)17-12(20)8-21-14-18-11-6-3-7-16-13(11)19-14/h1-7H,8H2,(H,17,20)(H,16,18,19). The summed E-state index contributed by atoms with van der Waals surface area (Å²) in [5.74, 6) is -0.615. The lowest BCUT2D eigenvalue weighted by atomic mass is 10.3. The molecule has 3 rings (SSSR count). The Morgan fingerprint density at radius 1 is 1.29 bits per heavy atom. The number of carbonyl (C=O) groups is 1. The van der Waals surface area contributed by atoms with Crippen LogP contribution >= 0.6 is 11.8 Å². The molecule has 7 heteroatoms. The van der Waals surface area contributed by atoms with Crippen LogP contribution in [0.25, 0.3) is 11.2 Å². The normalized spacial score (nSPS) is 10.7. The average molecular weight is 302 g/mol. The summed E-state index contributed by atoms with van der Waals surface area (Å²) in [6.45, 7) is 0. The number of aromatic amines is 1. The van der Waals surface area contributed by atoms with Crippen LogP contribution in [0.15, 0.2) is 47.8 Å². The van der Waals surface area contributed by atoms with E-state index in [2.05, 4.69) is 20.3 Å². The first-order valence-corrected chi connectivity index (χ1v) is 7.19. The van der Waals surface area contributed by atoms with Crippen molar-refractivity contribution in [1.82, 2.24) is 15.0 Å². The summed E-state index contributed by atoms with van der Waals surface area (Å²) in [4.78, 5) is 23.2. The number of hydrogen-bond acceptors (Lipinski definition) is 4. The highest BCUT2D eigenvalue weighted by Crippen LogP contribution is 2.18. The molecule has 1 amide bonds. The maximum absolute atomic E-state index is 13.4. The predicted octanol–water partition coefficient (Wildman–Crippen LogP) is 2.83. The number of pyridine rings is 1. The fraction of sp³-hybridized carbons (Fsp3) is 0.0714. The summed E-state index contributed by atoms with van der Waals surface area (Å²) in [6.07, 6.45) is 1.66. The molecule has 0 aliphatic heterocycles. The molecular formula is C14H11FN4OS. The Bertz CT molecular complexity index is 756. The minimum Gasteiger partial charge on any atom is -0.332 e. The van der Waals surface area contributed by atoms with E-state index in [1.165, 1.54) is 23.9 Å². The van der Waals surface area contributed by atoms with E-state index in [0.29, 0.717) is 10.8 Å². The molecule has 0 aliphatic rings. The number of hydrogen-bond donors (Lipinski definition) is 2. The van der Waals surface area contributed by atoms with Crippen molar-refractivity contribution in [3.8, 4) is 0 Å². The number of imidazole rings is 1. The molecule has 0 radical (unpaired) electrons. The number of nitrogens with one attached hydrogen (secondary N) is 2. The molecule has 5 nitrogen and oxygen atoms in total. The van der Waals surface area contributed by atoms with Gasteiger partial charge in [0.2, 0.25) is 5.91 Å². The van der Waals surface area contributed by atoms with Crippen LogP contribution in [0.4, 0.5) is 10.1 Å². The van der Waals surface area contributed by atoms with Gasteiger partial charge >= 0.3 is 0 Å². The van der Waals surface area contributed by atoms with Crippen LogP contribution in [-0.2, 0) is 4.79 Å². The van der Waals surface area contributed by atoms with E-state index >= 15 is 0 Å². The topological polar surface area (TPSA) is 70.7 Å². The van der Waals surface area contributed by atoms with Gasteiger partial charge in [-0.3, -0.25) is 4.79 Å². The molecule has 0 saturated carbocycles. The lowest BCUT2D eigenvalue weighted by Gasteiger charge is -2.04. The third kappa shape index (κ3) is 3.19. The zero-order valence-corrected chi connectivity index (χ0v) is 11.7. The Kier molecular flexibility index (Phi) is 3.83. The molecular weight excluding hydrogens is 291 g/mol. The van der Waals surface area contributed by atoms with Gasteiger partial charge in [0.1, 0.15) is 5.82 Å². The fourth-order valence-electron chi connectivity index (χ4n) is 1.77. The number of para-hydroxylation sites is 1. The smallest absolute Gasteiger partial charge is 0.234 e. The number of H-pyrrole nitrogens is 1. The first-order valence-electron chi connectivity index (χ1n) is 6.20. The summed E-state index contributed by atoms with van der Waals surface area (Å²) >= 11 is 1.24. The maximum atomic E-state index is 13.4. The Labute approximate surface area is 124 Å². The molecule has 0 saturated heterocycles. The number of rotatable bonds is 4. The van der Waals surface area contributed by atoms with Gasteiger partial charge in [0.25, 0.3) is 0 Å². The van der Waals surface area contributed by atoms with Crippen LogP contribution in [0.2, 0.25) is 0 Å². The molecule has 21 heavy (non-hydrogen) atoms. The average Bonchev–Trinajstić information content (AvgIpc) is 2.90. The van der Waals surface area contributed by atoms with Crippen molar-refractivity contribution in [3.05, 3.63) is 48.4 Å². The number of anilines is 1. The number of nitrogens with zero attached hydrogens (tertiary/aromatic N) is 2. The van der Waals surface area contributed by atoms with E-state index in [1.54, 1.807) is 24.4 Å². The molecule has 0 atom stereocenters. The lowest BCUT2D eigenvalue weighted by molar-refractivity contribution is -0.113. The van der Waals surface area contributed by atoms with Crippen LogP contribution < -0.4 is 5.32 Å². The second-order valence-electron chi connectivity index (χ2n) is 4.23. The van der Waals surface area contributed by atoms with Gasteiger partial charge < -0.3 is 10.3 Å². The quantitative estimate of drug-likeness (QED) is 0.727. The number of halogens is 1. The third-order valence-electron chi connectivity index (χ3n) is 2.72. The zero-order valence-electron chi connectivity index (χ0n) is 10.8. The van der Waals surface area contributed by atoms with Gasteiger partial charge in [-0.05, 0) is 24.3 Å². The number of aromatic nitrogens is 3. The molecule has 1 aromatic carbocycles. The highest BCUT2D eigenvalue weighted by atomic mass is 32.2. The number of amides is 1. The molecule has 3 aromatic rings. The van der Waals surface area contributed by atoms with E-state index in [0.717, 1.165) is 5.52 Å². The highest BCUT2D eigenvalue weighted by molar-refractivity contribution is 7.99. The van der Waals surface area contributed by atoms with Gasteiger partial charge in [-0.15, -0.1) is 0 Å². The predicted molar refractivity (Wildman–Crippen MR) is 79.6 cm³/mol. The van der Waals surface area contributed by atoms with Gasteiger partial charge in [0, 0.05) is 6.20 Å². The lowest BCUT2D eigenvalue weighted by Crippen LogP contribution is -2.15. The second kappa shape index (κ2) is 5.92. The zero-order chi connectivity index (χ0) is 14.7. The molecule has 0 aliphatic carbocycles. The molecule has 2 heterocycles. The van der Waals surface area contributed by atoms with E-state index < -0.39 is 5.82 Å². The fourth-order valence-corrected chi connectivity index (χ4v) is 2.45. The van der Waals surface area contributed by atoms with E-state index in [9.17, 15) is 9.18 Å². The Morgan fingerprint density at radius 2 is 2.14 bits per heavy atom. The first-order chi connectivity index (χ1) is 10.2. The van der Waals surface area contributed by atoms with Crippen LogP contribution in [0.5, 0.6) is 0 Å². The Hall–Kier alpha value is -2.41. The maximum Gasteiger partial charge on any atom is 0.234 e. The van der Waals surface area contributed by atoms with Crippen molar-refractivity contribution in [2.24, 2.45) is 0 Å². The Balaban J connectivity index is 1.62. The highest BCUT2D eigenvalue weighted by Gasteiger charge is 2.09. The van der Waals surface area contributed by atoms with E-state index in [4.69, 9.17) is 0 Å². The van der Waals surface area contributed by atoms with Crippen LogP contribution in [-0.4, -0.2) is 26.6 Å². The van der Waals surface area contributed by atoms with Gasteiger partial charge in [0.05, 0.1) is 17.0 Å². The molecule has 0 fully saturated rings. The Morgan fingerprint density at radius 3 is 2.95 bits per heavy atom. The molecule has 2 aromatic heterocycles. The van der Waals surface area contributed by atoms with Gasteiger partial charge in [-0.25, -0.2) is 14.4 Å². The van der Waals surface area contributed by atoms with Crippen molar-refractivity contribution in [3.63, 3.8) is 0 Å². The summed E-state index contributed by atoms with van der Waals surface area (Å²) in [6, 6.07) is 9.72. The minimum atomic E-state index is -0.455. The van der Waals surface area contributed by atoms with Crippen LogP contribution in [0, 0.1) is 5.82 Å². The van der Waals surface area contributed by atoms with Crippen LogP contribution in [0.3, 0.4) is 0 Å². The number of thioether (sulfide) groups is 1. The molecule has 0 unspecified atom stereocenters. The molecule has 0 bridgehead atoms. The SMILES string of the molecule is O=C(CSc1nc2ncccc2[nH]1)Nc1ccccc1F. The first kappa shape index (κ1) is 13.6. The van der Waals surface area contributed by atoms with Crippen LogP contribution in [0.1, 0.15) is 0 Å². The van der Waals surface area contributed by atoms with Crippen molar-refractivity contribution in [2.75, 3.05) is 11.1 Å². The molecule has 0 spiro atoms.